The minimum Gasteiger partial charge on any atom is -0.479 e. The Bertz CT molecular complexity index is 218. The molecule has 0 amide bonds. The summed E-state index contributed by atoms with van der Waals surface area (Å²) in [5.74, 6) is -1.45. The summed E-state index contributed by atoms with van der Waals surface area (Å²) in [6, 6.07) is 0. The molecule has 7 nitrogen and oxygen atoms in total. The number of ether oxygens (including phenoxy) is 2. The SMILES string of the molecule is CO[C@@H]1[C@@H](O)[C@H](O)[C@H](C(=O)O)O[C@H]1O. The topological polar surface area (TPSA) is 116 Å². The average Bonchev–Trinajstić information content (AvgIpc) is 2.12. The third kappa shape index (κ3) is 1.86. The summed E-state index contributed by atoms with van der Waals surface area (Å²) < 4.78 is 9.19. The molecule has 1 fully saturated rings. The third-order valence-corrected chi connectivity index (χ3v) is 2.08. The zero-order valence-electron chi connectivity index (χ0n) is 7.40. The molecule has 1 heterocycles. The van der Waals surface area contributed by atoms with Gasteiger partial charge in [0.2, 0.25) is 0 Å². The fourth-order valence-electron chi connectivity index (χ4n) is 1.31. The number of carboxylic acids is 1. The Morgan fingerprint density at radius 1 is 1.29 bits per heavy atom. The summed E-state index contributed by atoms with van der Waals surface area (Å²) in [7, 11) is 1.20. The molecule has 1 aliphatic heterocycles. The summed E-state index contributed by atoms with van der Waals surface area (Å²) >= 11 is 0. The van der Waals surface area contributed by atoms with Crippen molar-refractivity contribution in [3.63, 3.8) is 0 Å². The number of hydrogen-bond acceptors (Lipinski definition) is 6. The van der Waals surface area contributed by atoms with Crippen LogP contribution in [0.15, 0.2) is 0 Å². The number of aliphatic carboxylic acids is 1. The third-order valence-electron chi connectivity index (χ3n) is 2.08. The highest BCUT2D eigenvalue weighted by molar-refractivity contribution is 5.73. The largest absolute Gasteiger partial charge is 0.479 e. The van der Waals surface area contributed by atoms with Crippen LogP contribution in [0.4, 0.5) is 0 Å². The Balaban J connectivity index is 2.77. The molecular formula is C7H12O7. The van der Waals surface area contributed by atoms with Gasteiger partial charge in [0.25, 0.3) is 0 Å². The number of methoxy groups -OCH3 is 1. The van der Waals surface area contributed by atoms with Gasteiger partial charge in [-0.3, -0.25) is 0 Å². The second-order valence-corrected chi connectivity index (χ2v) is 2.97. The van der Waals surface area contributed by atoms with Crippen molar-refractivity contribution in [1.82, 2.24) is 0 Å². The predicted molar refractivity (Wildman–Crippen MR) is 41.3 cm³/mol. The lowest BCUT2D eigenvalue weighted by atomic mass is 9.99. The predicted octanol–water partition coefficient (Wildman–Crippen LogP) is -2.47. The van der Waals surface area contributed by atoms with Gasteiger partial charge in [-0.05, 0) is 0 Å². The van der Waals surface area contributed by atoms with Gasteiger partial charge in [-0.15, -0.1) is 0 Å². The molecule has 0 aromatic carbocycles. The van der Waals surface area contributed by atoms with E-state index in [0.29, 0.717) is 0 Å². The average molecular weight is 208 g/mol. The first kappa shape index (κ1) is 11.3. The molecule has 1 aliphatic rings. The van der Waals surface area contributed by atoms with Crippen LogP contribution in [0, 0.1) is 0 Å². The Morgan fingerprint density at radius 2 is 1.86 bits per heavy atom. The van der Waals surface area contributed by atoms with E-state index in [4.69, 9.17) is 5.11 Å². The number of hydrogen-bond donors (Lipinski definition) is 4. The lowest BCUT2D eigenvalue weighted by molar-refractivity contribution is -0.284. The minimum atomic E-state index is -1.65. The van der Waals surface area contributed by atoms with E-state index >= 15 is 0 Å². The fourth-order valence-corrected chi connectivity index (χ4v) is 1.31. The van der Waals surface area contributed by atoms with E-state index in [9.17, 15) is 20.1 Å². The van der Waals surface area contributed by atoms with Crippen LogP contribution in [-0.4, -0.2) is 64.2 Å². The molecule has 4 N–H and O–H groups in total. The lowest BCUT2D eigenvalue weighted by Gasteiger charge is -2.37. The molecule has 5 atom stereocenters. The zero-order valence-corrected chi connectivity index (χ0v) is 7.40. The van der Waals surface area contributed by atoms with Crippen LogP contribution in [0.2, 0.25) is 0 Å². The quantitative estimate of drug-likeness (QED) is 0.397. The molecule has 0 unspecified atom stereocenters. The Morgan fingerprint density at radius 3 is 2.29 bits per heavy atom. The van der Waals surface area contributed by atoms with Crippen molar-refractivity contribution in [2.24, 2.45) is 0 Å². The van der Waals surface area contributed by atoms with Crippen molar-refractivity contribution in [3.05, 3.63) is 0 Å². The van der Waals surface area contributed by atoms with Gasteiger partial charge in [0.15, 0.2) is 12.4 Å². The van der Waals surface area contributed by atoms with Crippen LogP contribution in [0.25, 0.3) is 0 Å². The van der Waals surface area contributed by atoms with E-state index in [0.717, 1.165) is 0 Å². The number of carboxylic acid groups (broad SMARTS) is 1. The first-order valence-electron chi connectivity index (χ1n) is 3.94. The lowest BCUT2D eigenvalue weighted by Crippen LogP contribution is -2.60. The van der Waals surface area contributed by atoms with Crippen LogP contribution in [-0.2, 0) is 14.3 Å². The van der Waals surface area contributed by atoms with Crippen molar-refractivity contribution in [2.45, 2.75) is 30.7 Å². The molecule has 0 aliphatic carbocycles. The van der Waals surface area contributed by atoms with Crippen molar-refractivity contribution in [2.75, 3.05) is 7.11 Å². The number of rotatable bonds is 2. The zero-order chi connectivity index (χ0) is 10.9. The first-order chi connectivity index (χ1) is 6.49. The van der Waals surface area contributed by atoms with E-state index in [1.165, 1.54) is 7.11 Å². The molecule has 1 rings (SSSR count). The maximum absolute atomic E-state index is 10.5. The van der Waals surface area contributed by atoms with Crippen LogP contribution < -0.4 is 0 Å². The van der Waals surface area contributed by atoms with Gasteiger partial charge in [-0.1, -0.05) is 0 Å². The highest BCUT2D eigenvalue weighted by Gasteiger charge is 2.47. The van der Waals surface area contributed by atoms with Gasteiger partial charge in [0, 0.05) is 7.11 Å². The van der Waals surface area contributed by atoms with Gasteiger partial charge in [0.1, 0.15) is 18.3 Å². The summed E-state index contributed by atoms with van der Waals surface area (Å²) in [5.41, 5.74) is 0. The van der Waals surface area contributed by atoms with Gasteiger partial charge in [-0.25, -0.2) is 4.79 Å². The van der Waals surface area contributed by atoms with Gasteiger partial charge < -0.3 is 29.9 Å². The van der Waals surface area contributed by atoms with E-state index < -0.39 is 36.7 Å². The monoisotopic (exact) mass is 208 g/mol. The summed E-state index contributed by atoms with van der Waals surface area (Å²) in [6.07, 6.45) is -7.49. The maximum atomic E-state index is 10.5. The standard InChI is InChI=1S/C7H12O7/c1-13-5-3(9)2(8)4(6(10)11)14-7(5)12/h2-5,7-9,12H,1H3,(H,10,11)/t2-,3-,4+,5+,7+/m0/s1. The Kier molecular flexibility index (Phi) is 3.40. The first-order valence-corrected chi connectivity index (χ1v) is 3.94. The van der Waals surface area contributed by atoms with Crippen LogP contribution in [0.3, 0.4) is 0 Å². The molecule has 14 heavy (non-hydrogen) atoms. The highest BCUT2D eigenvalue weighted by Crippen LogP contribution is 2.21. The van der Waals surface area contributed by atoms with Crippen LogP contribution in [0.1, 0.15) is 0 Å². The maximum Gasteiger partial charge on any atom is 0.335 e. The van der Waals surface area contributed by atoms with E-state index in [1.54, 1.807) is 0 Å². The van der Waals surface area contributed by atoms with Crippen LogP contribution >= 0.6 is 0 Å². The van der Waals surface area contributed by atoms with Gasteiger partial charge >= 0.3 is 5.97 Å². The molecule has 0 saturated carbocycles. The number of carbonyl (C=O) groups is 1. The molecule has 1 saturated heterocycles. The van der Waals surface area contributed by atoms with Gasteiger partial charge in [-0.2, -0.15) is 0 Å². The molecular weight excluding hydrogens is 196 g/mol. The van der Waals surface area contributed by atoms with Crippen molar-refractivity contribution in [3.8, 4) is 0 Å². The van der Waals surface area contributed by atoms with E-state index in [1.807, 2.05) is 0 Å². The number of aliphatic hydroxyl groups excluding tert-OH is 3. The number of aliphatic hydroxyl groups is 3. The molecule has 7 heteroatoms. The highest BCUT2D eigenvalue weighted by atomic mass is 16.7. The fraction of sp³-hybridized carbons (Fsp3) is 0.857. The molecule has 0 aromatic rings. The summed E-state index contributed by atoms with van der Waals surface area (Å²) in [5, 5.41) is 36.4. The smallest absolute Gasteiger partial charge is 0.335 e. The molecule has 0 spiro atoms. The molecule has 0 bridgehead atoms. The normalized spacial score (nSPS) is 43.6. The van der Waals surface area contributed by atoms with Crippen molar-refractivity contribution in [1.29, 1.82) is 0 Å². The summed E-state index contributed by atoms with van der Waals surface area (Å²) in [4.78, 5) is 10.5. The van der Waals surface area contributed by atoms with E-state index in [-0.39, 0.29) is 0 Å². The summed E-state index contributed by atoms with van der Waals surface area (Å²) in [6.45, 7) is 0. The second kappa shape index (κ2) is 4.20. The molecule has 0 radical (unpaired) electrons. The van der Waals surface area contributed by atoms with E-state index in [2.05, 4.69) is 9.47 Å². The van der Waals surface area contributed by atoms with Crippen molar-refractivity contribution < 1.29 is 34.7 Å². The molecule has 0 aromatic heterocycles. The van der Waals surface area contributed by atoms with Gasteiger partial charge in [0.05, 0.1) is 0 Å². The second-order valence-electron chi connectivity index (χ2n) is 2.97. The Hall–Kier alpha value is -0.730. The van der Waals surface area contributed by atoms with Crippen molar-refractivity contribution >= 4 is 5.97 Å². The van der Waals surface area contributed by atoms with Crippen LogP contribution in [0.5, 0.6) is 0 Å². The Labute approximate surface area is 79.5 Å². The molecule has 82 valence electrons. The minimum absolute atomic E-state index is 1.15.